The largest absolute Gasteiger partial charge is 0.496 e. The lowest BCUT2D eigenvalue weighted by Crippen LogP contribution is -2.04. The lowest BCUT2D eigenvalue weighted by molar-refractivity contribution is -0.137. The van der Waals surface area contributed by atoms with Gasteiger partial charge in [0.05, 0.1) is 30.9 Å². The molecule has 0 bridgehead atoms. The number of halogens is 4. The maximum atomic E-state index is 12.8. The number of carbonyl (C=O) groups is 2. The van der Waals surface area contributed by atoms with E-state index >= 15 is 0 Å². The van der Waals surface area contributed by atoms with Crippen LogP contribution < -0.4 is 9.47 Å². The van der Waals surface area contributed by atoms with E-state index in [0.717, 1.165) is 29.5 Å². The summed E-state index contributed by atoms with van der Waals surface area (Å²) < 4.78 is 61.0. The van der Waals surface area contributed by atoms with E-state index in [9.17, 15) is 27.2 Å². The molecule has 0 radical (unpaired) electrons. The molecule has 8 heteroatoms. The first kappa shape index (κ1) is 27.1. The molecule has 0 spiro atoms. The highest BCUT2D eigenvalue weighted by atomic mass is 19.4. The maximum Gasteiger partial charge on any atom is 0.416 e. The number of carbonyl (C=O) groups excluding carboxylic acids is 2. The molecule has 4 nitrogen and oxygen atoms in total. The fraction of sp³-hybridized carbons (Fsp3) is 0.103. The van der Waals surface area contributed by atoms with E-state index in [0.29, 0.717) is 40.0 Å². The summed E-state index contributed by atoms with van der Waals surface area (Å²) in [6.07, 6.45) is -3.01. The standard InChI is InChI=1S/C15H11F3O2.C14H11FO2/c1-20-14-8-11(5-6-12(14)9-19)10-3-2-4-13(7-10)15(16,17)18;1-17-14-8-11(2-3-12(14)9-16)10-4-6-13(15)7-5-10/h2-9H,1H3;2-9H,1H3. The van der Waals surface area contributed by atoms with Crippen LogP contribution in [0.3, 0.4) is 0 Å². The Labute approximate surface area is 211 Å². The van der Waals surface area contributed by atoms with Gasteiger partial charge in [-0.3, -0.25) is 9.59 Å². The summed E-state index contributed by atoms with van der Waals surface area (Å²) in [6.45, 7) is 0. The SMILES string of the molecule is COc1cc(-c2ccc(F)cc2)ccc1C=O.COc1cc(-c2cccc(C(F)(F)F)c2)ccc1C=O. The van der Waals surface area contributed by atoms with Crippen molar-refractivity contribution in [2.45, 2.75) is 6.18 Å². The Kier molecular flexibility index (Phi) is 8.79. The van der Waals surface area contributed by atoms with E-state index < -0.39 is 11.7 Å². The van der Waals surface area contributed by atoms with Crippen LogP contribution >= 0.6 is 0 Å². The van der Waals surface area contributed by atoms with Crippen molar-refractivity contribution in [1.82, 2.24) is 0 Å². The first-order valence-electron chi connectivity index (χ1n) is 10.9. The van der Waals surface area contributed by atoms with Crippen molar-refractivity contribution >= 4 is 12.6 Å². The van der Waals surface area contributed by atoms with Crippen molar-refractivity contribution in [1.29, 1.82) is 0 Å². The molecular weight excluding hydrogens is 488 g/mol. The van der Waals surface area contributed by atoms with E-state index in [1.165, 1.54) is 38.5 Å². The van der Waals surface area contributed by atoms with Gasteiger partial charge in [0.25, 0.3) is 0 Å². The Bertz CT molecular complexity index is 1380. The topological polar surface area (TPSA) is 52.6 Å². The van der Waals surface area contributed by atoms with Gasteiger partial charge in [-0.1, -0.05) is 36.4 Å². The van der Waals surface area contributed by atoms with Crippen LogP contribution in [0.4, 0.5) is 17.6 Å². The number of rotatable bonds is 6. The quantitative estimate of drug-likeness (QED) is 0.199. The van der Waals surface area contributed by atoms with Crippen LogP contribution in [0.15, 0.2) is 84.9 Å². The molecule has 0 aliphatic carbocycles. The number of ether oxygens (including phenoxy) is 2. The van der Waals surface area contributed by atoms with Crippen LogP contribution in [0.2, 0.25) is 0 Å². The second-order valence-corrected chi connectivity index (χ2v) is 7.73. The minimum absolute atomic E-state index is 0.273. The van der Waals surface area contributed by atoms with Crippen molar-refractivity contribution in [2.75, 3.05) is 14.2 Å². The van der Waals surface area contributed by atoms with Crippen molar-refractivity contribution in [3.63, 3.8) is 0 Å². The first-order chi connectivity index (χ1) is 17.7. The summed E-state index contributed by atoms with van der Waals surface area (Å²) in [5, 5.41) is 0. The molecule has 4 aromatic carbocycles. The fourth-order valence-corrected chi connectivity index (χ4v) is 3.49. The Morgan fingerprint density at radius 2 is 1.08 bits per heavy atom. The highest BCUT2D eigenvalue weighted by Crippen LogP contribution is 2.33. The number of hydrogen-bond donors (Lipinski definition) is 0. The average molecular weight is 510 g/mol. The maximum absolute atomic E-state index is 12.8. The fourth-order valence-electron chi connectivity index (χ4n) is 3.49. The Hall–Kier alpha value is -4.46. The predicted octanol–water partition coefficient (Wildman–Crippen LogP) is 7.51. The molecule has 0 atom stereocenters. The monoisotopic (exact) mass is 510 g/mol. The molecule has 0 aliphatic heterocycles. The van der Waals surface area contributed by atoms with Crippen LogP contribution in [0.25, 0.3) is 22.3 Å². The molecule has 0 saturated heterocycles. The van der Waals surface area contributed by atoms with Crippen molar-refractivity contribution in [3.05, 3.63) is 107 Å². The van der Waals surface area contributed by atoms with Gasteiger partial charge >= 0.3 is 6.18 Å². The van der Waals surface area contributed by atoms with Crippen LogP contribution in [0.5, 0.6) is 11.5 Å². The molecule has 4 rings (SSSR count). The van der Waals surface area contributed by atoms with Gasteiger partial charge in [0.1, 0.15) is 17.3 Å². The summed E-state index contributed by atoms with van der Waals surface area (Å²) in [6, 6.07) is 21.1. The average Bonchev–Trinajstić information content (AvgIpc) is 2.92. The molecule has 0 amide bonds. The third kappa shape index (κ3) is 6.82. The third-order valence-electron chi connectivity index (χ3n) is 5.42. The Morgan fingerprint density at radius 3 is 1.54 bits per heavy atom. The number of alkyl halides is 3. The summed E-state index contributed by atoms with van der Waals surface area (Å²) >= 11 is 0. The predicted molar refractivity (Wildman–Crippen MR) is 133 cm³/mol. The lowest BCUT2D eigenvalue weighted by atomic mass is 10.0. The van der Waals surface area contributed by atoms with E-state index in [2.05, 4.69) is 0 Å². The summed E-state index contributed by atoms with van der Waals surface area (Å²) in [5.41, 5.74) is 2.86. The highest BCUT2D eigenvalue weighted by Gasteiger charge is 2.30. The van der Waals surface area contributed by atoms with Gasteiger partial charge in [-0.25, -0.2) is 4.39 Å². The molecule has 4 aromatic rings. The zero-order valence-corrected chi connectivity index (χ0v) is 19.9. The summed E-state index contributed by atoms with van der Waals surface area (Å²) in [4.78, 5) is 21.5. The first-order valence-corrected chi connectivity index (χ1v) is 10.9. The molecule has 0 aromatic heterocycles. The van der Waals surface area contributed by atoms with Gasteiger partial charge in [-0.15, -0.1) is 0 Å². The van der Waals surface area contributed by atoms with Gasteiger partial charge in [0, 0.05) is 0 Å². The number of methoxy groups -OCH3 is 2. The second-order valence-electron chi connectivity index (χ2n) is 7.73. The Balaban J connectivity index is 0.000000208. The molecule has 0 aliphatic rings. The van der Waals surface area contributed by atoms with E-state index in [4.69, 9.17) is 9.47 Å². The zero-order valence-electron chi connectivity index (χ0n) is 19.9. The van der Waals surface area contributed by atoms with Crippen LogP contribution in [-0.2, 0) is 6.18 Å². The smallest absolute Gasteiger partial charge is 0.416 e. The summed E-state index contributed by atoms with van der Waals surface area (Å²) in [5.74, 6) is 0.571. The molecule has 0 unspecified atom stereocenters. The van der Waals surface area contributed by atoms with Crippen molar-refractivity contribution in [2.24, 2.45) is 0 Å². The molecule has 190 valence electrons. The van der Waals surface area contributed by atoms with Crippen molar-refractivity contribution in [3.8, 4) is 33.8 Å². The molecular formula is C29H22F4O4. The molecule has 0 heterocycles. The second kappa shape index (κ2) is 12.0. The van der Waals surface area contributed by atoms with Crippen molar-refractivity contribution < 1.29 is 36.6 Å². The van der Waals surface area contributed by atoms with E-state index in [1.54, 1.807) is 48.5 Å². The van der Waals surface area contributed by atoms with Crippen LogP contribution in [0.1, 0.15) is 26.3 Å². The number of benzene rings is 4. The van der Waals surface area contributed by atoms with Gasteiger partial charge in [-0.2, -0.15) is 13.2 Å². The number of aldehydes is 2. The minimum Gasteiger partial charge on any atom is -0.496 e. The van der Waals surface area contributed by atoms with E-state index in [-0.39, 0.29) is 5.82 Å². The minimum atomic E-state index is -4.39. The number of hydrogen-bond acceptors (Lipinski definition) is 4. The zero-order chi connectivity index (χ0) is 27.0. The summed E-state index contributed by atoms with van der Waals surface area (Å²) in [7, 11) is 2.91. The van der Waals surface area contributed by atoms with Crippen LogP contribution in [-0.4, -0.2) is 26.8 Å². The van der Waals surface area contributed by atoms with Gasteiger partial charge in [-0.05, 0) is 70.8 Å². The lowest BCUT2D eigenvalue weighted by Gasteiger charge is -2.10. The highest BCUT2D eigenvalue weighted by molar-refractivity contribution is 5.82. The third-order valence-corrected chi connectivity index (χ3v) is 5.42. The van der Waals surface area contributed by atoms with Gasteiger partial charge in [0.2, 0.25) is 0 Å². The normalized spacial score (nSPS) is 10.6. The molecule has 0 N–H and O–H groups in total. The van der Waals surface area contributed by atoms with E-state index in [1.807, 2.05) is 0 Å². The van der Waals surface area contributed by atoms with Gasteiger partial charge in [0.15, 0.2) is 12.6 Å². The Morgan fingerprint density at radius 1 is 0.622 bits per heavy atom. The van der Waals surface area contributed by atoms with Crippen LogP contribution in [0, 0.1) is 5.82 Å². The molecule has 37 heavy (non-hydrogen) atoms. The van der Waals surface area contributed by atoms with Gasteiger partial charge < -0.3 is 9.47 Å². The molecule has 0 saturated carbocycles. The molecule has 0 fully saturated rings.